The molecule has 44 heavy (non-hydrogen) atoms. The number of carbonyl (C=O) groups is 2. The molecular formula is C33H34FN5O4S. The van der Waals surface area contributed by atoms with Gasteiger partial charge < -0.3 is 19.7 Å². The van der Waals surface area contributed by atoms with Crippen LogP contribution in [0, 0.1) is 12.4 Å². The molecule has 9 nitrogen and oxygen atoms in total. The van der Waals surface area contributed by atoms with Crippen LogP contribution in [0.15, 0.2) is 48.7 Å². The zero-order chi connectivity index (χ0) is 31.0. The van der Waals surface area contributed by atoms with Gasteiger partial charge in [0, 0.05) is 47.8 Å². The molecule has 2 aromatic heterocycles. The second kappa shape index (κ2) is 12.0. The minimum absolute atomic E-state index is 0.0524. The molecule has 4 heterocycles. The van der Waals surface area contributed by atoms with Gasteiger partial charge in [-0.1, -0.05) is 18.2 Å². The van der Waals surface area contributed by atoms with Crippen molar-refractivity contribution >= 4 is 39.9 Å². The van der Waals surface area contributed by atoms with Crippen molar-refractivity contribution in [3.8, 4) is 21.6 Å². The van der Waals surface area contributed by atoms with Crippen LogP contribution in [0.2, 0.25) is 0 Å². The highest BCUT2D eigenvalue weighted by Gasteiger charge is 2.29. The number of benzene rings is 2. The van der Waals surface area contributed by atoms with Crippen LogP contribution >= 0.6 is 11.3 Å². The molecule has 1 unspecified atom stereocenters. The van der Waals surface area contributed by atoms with Gasteiger partial charge in [0.15, 0.2) is 0 Å². The summed E-state index contributed by atoms with van der Waals surface area (Å²) < 4.78 is 27.7. The van der Waals surface area contributed by atoms with Gasteiger partial charge in [-0.25, -0.2) is 14.0 Å². The molecule has 0 saturated carbocycles. The minimum Gasteiger partial charge on any atom is -0.444 e. The Morgan fingerprint density at radius 3 is 2.70 bits per heavy atom. The molecule has 2 aliphatic heterocycles. The van der Waals surface area contributed by atoms with E-state index in [1.807, 2.05) is 55.9 Å². The minimum atomic E-state index is -0.614. The first-order valence-electron chi connectivity index (χ1n) is 14.7. The maximum atomic E-state index is 14.8. The van der Waals surface area contributed by atoms with E-state index in [-0.39, 0.29) is 23.7 Å². The average molecular weight is 616 g/mol. The lowest BCUT2D eigenvalue weighted by atomic mass is 10.0. The molecule has 2 atom stereocenters. The molecule has 228 valence electrons. The number of amides is 2. The first kappa shape index (κ1) is 29.8. The molecule has 0 bridgehead atoms. The maximum Gasteiger partial charge on any atom is 0.407 e. The Morgan fingerprint density at radius 2 is 1.98 bits per heavy atom. The molecular weight excluding hydrogens is 581 g/mol. The number of hydrogen-bond acceptors (Lipinski definition) is 6. The Kier molecular flexibility index (Phi) is 8.14. The van der Waals surface area contributed by atoms with Crippen LogP contribution in [0.1, 0.15) is 55.7 Å². The van der Waals surface area contributed by atoms with Crippen LogP contribution in [0.5, 0.6) is 0 Å². The van der Waals surface area contributed by atoms with E-state index >= 15 is 0 Å². The molecule has 0 spiro atoms. The van der Waals surface area contributed by atoms with Crippen LogP contribution in [-0.2, 0) is 9.47 Å². The number of alkyl carbamates (subject to hydrolysis) is 1. The lowest BCUT2D eigenvalue weighted by Crippen LogP contribution is -2.50. The zero-order valence-electron chi connectivity index (χ0n) is 24.9. The monoisotopic (exact) mass is 615 g/mol. The molecule has 2 amide bonds. The van der Waals surface area contributed by atoms with Gasteiger partial charge in [-0.05, 0) is 75.4 Å². The van der Waals surface area contributed by atoms with Gasteiger partial charge in [0.2, 0.25) is 5.69 Å². The summed E-state index contributed by atoms with van der Waals surface area (Å²) in [7, 11) is 0. The van der Waals surface area contributed by atoms with Gasteiger partial charge in [-0.15, -0.1) is 11.3 Å². The van der Waals surface area contributed by atoms with Crippen molar-refractivity contribution in [1.29, 1.82) is 0 Å². The fourth-order valence-corrected chi connectivity index (χ4v) is 6.85. The smallest absolute Gasteiger partial charge is 0.407 e. The zero-order valence-corrected chi connectivity index (χ0v) is 25.7. The summed E-state index contributed by atoms with van der Waals surface area (Å²) >= 11 is 1.36. The molecule has 0 aliphatic carbocycles. The molecule has 2 fully saturated rings. The van der Waals surface area contributed by atoms with Crippen molar-refractivity contribution in [3.63, 3.8) is 0 Å². The Labute approximate surface area is 259 Å². The third-order valence-corrected chi connectivity index (χ3v) is 8.99. The number of aromatic nitrogens is 2. The van der Waals surface area contributed by atoms with E-state index in [0.29, 0.717) is 35.7 Å². The largest absolute Gasteiger partial charge is 0.444 e. The summed E-state index contributed by atoms with van der Waals surface area (Å²) in [6.07, 6.45) is 3.93. The van der Waals surface area contributed by atoms with E-state index in [1.165, 1.54) is 23.5 Å². The number of nitrogens with one attached hydrogen (secondary N) is 1. The van der Waals surface area contributed by atoms with Crippen LogP contribution in [0.3, 0.4) is 0 Å². The topological polar surface area (TPSA) is 90.0 Å². The molecule has 0 radical (unpaired) electrons. The highest BCUT2D eigenvalue weighted by atomic mass is 32.1. The third-order valence-electron chi connectivity index (χ3n) is 7.82. The molecule has 11 heteroatoms. The SMILES string of the molecule is [C-]#[N+]c1ccc(-c2cc(C(=O)N3CCC[C@@H](NC(=O)OC(C)(C)C)C3)sc2-c2ccc3nn(C4CCOC4)cc3c2)cc1F. The van der Waals surface area contributed by atoms with Crippen molar-refractivity contribution in [2.24, 2.45) is 0 Å². The van der Waals surface area contributed by atoms with Crippen molar-refractivity contribution < 1.29 is 23.5 Å². The summed E-state index contributed by atoms with van der Waals surface area (Å²) in [5, 5.41) is 8.61. The molecule has 2 saturated heterocycles. The molecule has 2 aromatic carbocycles. The molecule has 6 rings (SSSR count). The lowest BCUT2D eigenvalue weighted by Gasteiger charge is -2.33. The number of halogens is 1. The summed E-state index contributed by atoms with van der Waals surface area (Å²) in [5.74, 6) is -0.753. The predicted molar refractivity (Wildman–Crippen MR) is 167 cm³/mol. The van der Waals surface area contributed by atoms with Crippen molar-refractivity contribution in [2.45, 2.75) is 57.7 Å². The quantitative estimate of drug-likeness (QED) is 0.240. The highest BCUT2D eigenvalue weighted by Crippen LogP contribution is 2.42. The molecule has 1 N–H and O–H groups in total. The predicted octanol–water partition coefficient (Wildman–Crippen LogP) is 7.21. The van der Waals surface area contributed by atoms with E-state index in [4.69, 9.17) is 21.1 Å². The Balaban J connectivity index is 1.32. The van der Waals surface area contributed by atoms with Gasteiger partial charge >= 0.3 is 6.09 Å². The van der Waals surface area contributed by atoms with Gasteiger partial charge in [-0.2, -0.15) is 5.10 Å². The number of thiophene rings is 1. The highest BCUT2D eigenvalue weighted by molar-refractivity contribution is 7.18. The number of carbonyl (C=O) groups excluding carboxylic acids is 2. The number of likely N-dealkylation sites (tertiary alicyclic amines) is 1. The fraction of sp³-hybridized carbons (Fsp3) is 0.394. The Bertz CT molecular complexity index is 1760. The van der Waals surface area contributed by atoms with E-state index < -0.39 is 17.5 Å². The number of fused-ring (bicyclic) bond motifs is 1. The molecule has 2 aliphatic rings. The number of hydrogen-bond donors (Lipinski definition) is 1. The average Bonchev–Trinajstić information content (AvgIpc) is 3.75. The van der Waals surface area contributed by atoms with E-state index in [9.17, 15) is 14.0 Å². The lowest BCUT2D eigenvalue weighted by molar-refractivity contribution is 0.0453. The third kappa shape index (κ3) is 6.32. The summed E-state index contributed by atoms with van der Waals surface area (Å²) in [6, 6.07) is 12.3. The first-order valence-corrected chi connectivity index (χ1v) is 15.6. The van der Waals surface area contributed by atoms with Crippen molar-refractivity contribution in [1.82, 2.24) is 20.0 Å². The Hall–Kier alpha value is -4.27. The number of piperidine rings is 1. The van der Waals surface area contributed by atoms with Crippen molar-refractivity contribution in [2.75, 3.05) is 26.3 Å². The molecule has 4 aromatic rings. The fourth-order valence-electron chi connectivity index (χ4n) is 5.70. The van der Waals surface area contributed by atoms with Gasteiger partial charge in [-0.3, -0.25) is 9.48 Å². The number of ether oxygens (including phenoxy) is 2. The van der Waals surface area contributed by atoms with E-state index in [2.05, 4.69) is 10.2 Å². The summed E-state index contributed by atoms with van der Waals surface area (Å²) in [5.41, 5.74) is 2.38. The van der Waals surface area contributed by atoms with Crippen LogP contribution in [0.4, 0.5) is 14.9 Å². The van der Waals surface area contributed by atoms with Crippen LogP contribution < -0.4 is 5.32 Å². The summed E-state index contributed by atoms with van der Waals surface area (Å²) in [4.78, 5) is 32.6. The van der Waals surface area contributed by atoms with Crippen LogP contribution in [0.25, 0.3) is 37.3 Å². The van der Waals surface area contributed by atoms with Crippen molar-refractivity contribution in [3.05, 3.63) is 70.8 Å². The number of rotatable bonds is 5. The van der Waals surface area contributed by atoms with Gasteiger partial charge in [0.25, 0.3) is 5.91 Å². The van der Waals surface area contributed by atoms with Gasteiger partial charge in [0.05, 0.1) is 29.6 Å². The maximum absolute atomic E-state index is 14.8. The summed E-state index contributed by atoms with van der Waals surface area (Å²) in [6.45, 7) is 15.0. The second-order valence-corrected chi connectivity index (χ2v) is 13.3. The standard InChI is InChI=1S/C33H34FN5O4S/c1-33(2,3)43-32(41)36-23-6-5-12-38(18-23)31(40)29-16-25(20-7-10-28(35-4)26(34)15-20)30(44-29)21-8-9-27-22(14-21)17-39(37-27)24-11-13-42-19-24/h7-10,14-17,23-24H,5-6,11-13,18-19H2,1-3H3,(H,36,41)/t23-,24?/m1/s1. The van der Waals surface area contributed by atoms with E-state index in [1.54, 1.807) is 11.0 Å². The van der Waals surface area contributed by atoms with Crippen LogP contribution in [-0.4, -0.2) is 64.6 Å². The first-order chi connectivity index (χ1) is 21.1. The van der Waals surface area contributed by atoms with Gasteiger partial charge in [0.1, 0.15) is 11.4 Å². The normalized spacial score (nSPS) is 18.8. The number of nitrogens with zero attached hydrogens (tertiary/aromatic N) is 4. The van der Waals surface area contributed by atoms with E-state index in [0.717, 1.165) is 47.2 Å². The second-order valence-electron chi connectivity index (χ2n) is 12.3. The Morgan fingerprint density at radius 1 is 1.16 bits per heavy atom.